The molecule has 0 saturated carbocycles. The molecular weight excluding hydrogens is 361 g/mol. The second-order valence-corrected chi connectivity index (χ2v) is 7.85. The number of ether oxygens (including phenoxy) is 1. The van der Waals surface area contributed by atoms with Gasteiger partial charge in [-0.1, -0.05) is 11.6 Å². The number of alkyl carbamates (subject to hydrolysis) is 1. The number of H-pyrrole nitrogens is 1. The summed E-state index contributed by atoms with van der Waals surface area (Å²) in [5, 5.41) is 3.59. The second kappa shape index (κ2) is 6.79. The van der Waals surface area contributed by atoms with Crippen LogP contribution in [-0.4, -0.2) is 46.6 Å². The van der Waals surface area contributed by atoms with Crippen LogP contribution in [-0.2, 0) is 4.74 Å². The summed E-state index contributed by atoms with van der Waals surface area (Å²) in [4.78, 5) is 29.0. The van der Waals surface area contributed by atoms with E-state index in [2.05, 4.69) is 10.3 Å². The van der Waals surface area contributed by atoms with Gasteiger partial charge in [-0.2, -0.15) is 0 Å². The van der Waals surface area contributed by atoms with E-state index < -0.39 is 17.5 Å². The highest BCUT2D eigenvalue weighted by Gasteiger charge is 2.30. The van der Waals surface area contributed by atoms with Gasteiger partial charge in [0, 0.05) is 23.5 Å². The van der Waals surface area contributed by atoms with Crippen LogP contribution in [0.15, 0.2) is 18.2 Å². The lowest BCUT2D eigenvalue weighted by Gasteiger charge is -2.22. The Hall–Kier alpha value is -2.28. The quantitative estimate of drug-likeness (QED) is 0.832. The molecule has 1 aromatic carbocycles. The van der Waals surface area contributed by atoms with E-state index in [4.69, 9.17) is 16.3 Å². The average molecular weight is 382 g/mol. The summed E-state index contributed by atoms with van der Waals surface area (Å²) >= 11 is 5.85. The molecule has 0 bridgehead atoms. The molecular formula is C18H21ClFN3O3. The van der Waals surface area contributed by atoms with Gasteiger partial charge in [-0.3, -0.25) is 4.79 Å². The fourth-order valence-electron chi connectivity index (χ4n) is 2.99. The van der Waals surface area contributed by atoms with E-state index >= 15 is 0 Å². The normalized spacial score (nSPS) is 17.6. The number of carbonyl (C=O) groups excluding carboxylic acids is 2. The standard InChI is InChI=1S/C18H21ClFN3O3/c1-18(2,3)26-17(25)21-12-4-5-23(9-12)16(24)14-7-10-6-11(19)8-13(20)15(10)22-14/h6-8,12,22H,4-5,9H2,1-3H3,(H,21,25)/t12-/m1/s1. The number of nitrogens with zero attached hydrogens (tertiary/aromatic N) is 1. The number of benzene rings is 1. The molecule has 2 heterocycles. The molecule has 0 radical (unpaired) electrons. The Balaban J connectivity index is 1.66. The smallest absolute Gasteiger partial charge is 0.407 e. The number of hydrogen-bond donors (Lipinski definition) is 2. The molecule has 2 aromatic rings. The third kappa shape index (κ3) is 4.09. The first kappa shape index (κ1) is 18.5. The molecule has 6 nitrogen and oxygen atoms in total. The molecule has 140 valence electrons. The van der Waals surface area contributed by atoms with Gasteiger partial charge in [0.05, 0.1) is 11.6 Å². The Morgan fingerprint density at radius 2 is 2.08 bits per heavy atom. The van der Waals surface area contributed by atoms with Crippen LogP contribution in [0.25, 0.3) is 10.9 Å². The molecule has 26 heavy (non-hydrogen) atoms. The third-order valence-electron chi connectivity index (χ3n) is 4.07. The zero-order chi connectivity index (χ0) is 19.1. The van der Waals surface area contributed by atoms with Crippen molar-refractivity contribution in [3.63, 3.8) is 0 Å². The van der Waals surface area contributed by atoms with Gasteiger partial charge in [-0.25, -0.2) is 9.18 Å². The minimum Gasteiger partial charge on any atom is -0.444 e. The minimum atomic E-state index is -0.575. The van der Waals surface area contributed by atoms with Crippen LogP contribution in [0.5, 0.6) is 0 Å². The van der Waals surface area contributed by atoms with Gasteiger partial charge < -0.3 is 19.9 Å². The Kier molecular flexibility index (Phi) is 4.84. The van der Waals surface area contributed by atoms with Crippen LogP contribution >= 0.6 is 11.6 Å². The Morgan fingerprint density at radius 3 is 2.77 bits per heavy atom. The van der Waals surface area contributed by atoms with Gasteiger partial charge in [0.15, 0.2) is 0 Å². The lowest BCUT2D eigenvalue weighted by atomic mass is 10.2. The van der Waals surface area contributed by atoms with Gasteiger partial charge in [0.25, 0.3) is 5.91 Å². The van der Waals surface area contributed by atoms with Gasteiger partial charge in [-0.15, -0.1) is 0 Å². The summed E-state index contributed by atoms with van der Waals surface area (Å²) in [7, 11) is 0. The molecule has 2 N–H and O–H groups in total. The number of aromatic amines is 1. The van der Waals surface area contributed by atoms with Crippen LogP contribution in [0.4, 0.5) is 9.18 Å². The molecule has 1 atom stereocenters. The first-order chi connectivity index (χ1) is 12.1. The van der Waals surface area contributed by atoms with Gasteiger partial charge in [-0.05, 0) is 45.4 Å². The third-order valence-corrected chi connectivity index (χ3v) is 4.29. The Bertz CT molecular complexity index is 859. The minimum absolute atomic E-state index is 0.177. The highest BCUT2D eigenvalue weighted by molar-refractivity contribution is 6.31. The molecule has 1 saturated heterocycles. The lowest BCUT2D eigenvalue weighted by Crippen LogP contribution is -2.41. The van der Waals surface area contributed by atoms with Crippen molar-refractivity contribution in [3.8, 4) is 0 Å². The first-order valence-corrected chi connectivity index (χ1v) is 8.77. The summed E-state index contributed by atoms with van der Waals surface area (Å²) in [5.41, 5.74) is -0.0343. The van der Waals surface area contributed by atoms with Crippen LogP contribution in [0.2, 0.25) is 5.02 Å². The molecule has 1 aliphatic rings. The number of hydrogen-bond acceptors (Lipinski definition) is 3. The maximum absolute atomic E-state index is 13.9. The molecule has 1 aliphatic heterocycles. The predicted octanol–water partition coefficient (Wildman–Crippen LogP) is 3.70. The van der Waals surface area contributed by atoms with Crippen molar-refractivity contribution in [3.05, 3.63) is 34.7 Å². The maximum Gasteiger partial charge on any atom is 0.407 e. The van der Waals surface area contributed by atoms with E-state index in [0.717, 1.165) is 0 Å². The zero-order valence-corrected chi connectivity index (χ0v) is 15.6. The van der Waals surface area contributed by atoms with Crippen molar-refractivity contribution in [2.45, 2.75) is 38.8 Å². The molecule has 3 rings (SSSR count). The number of fused-ring (bicyclic) bond motifs is 1. The maximum atomic E-state index is 13.9. The SMILES string of the molecule is CC(C)(C)OC(=O)N[C@@H]1CCN(C(=O)c2cc3cc(Cl)cc(F)c3[nH]2)C1. The molecule has 8 heteroatoms. The van der Waals surface area contributed by atoms with E-state index in [1.54, 1.807) is 37.8 Å². The van der Waals surface area contributed by atoms with Crippen LogP contribution < -0.4 is 5.32 Å². The van der Waals surface area contributed by atoms with Crippen LogP contribution in [0, 0.1) is 5.82 Å². The van der Waals surface area contributed by atoms with E-state index in [1.165, 1.54) is 6.07 Å². The van der Waals surface area contributed by atoms with Gasteiger partial charge in [0.2, 0.25) is 0 Å². The number of rotatable bonds is 2. The van der Waals surface area contributed by atoms with Crippen LogP contribution in [0.1, 0.15) is 37.7 Å². The number of aromatic nitrogens is 1. The van der Waals surface area contributed by atoms with Crippen molar-refractivity contribution in [2.24, 2.45) is 0 Å². The summed E-state index contributed by atoms with van der Waals surface area (Å²) in [6.07, 6.45) is 0.130. The van der Waals surface area contributed by atoms with Gasteiger partial charge in [0.1, 0.15) is 17.1 Å². The number of amides is 2. The Labute approximate surface area is 155 Å². The van der Waals surface area contributed by atoms with Crippen molar-refractivity contribution >= 4 is 34.5 Å². The molecule has 1 aromatic heterocycles. The number of likely N-dealkylation sites (tertiary alicyclic amines) is 1. The van der Waals surface area contributed by atoms with Crippen molar-refractivity contribution in [1.82, 2.24) is 15.2 Å². The highest BCUT2D eigenvalue weighted by Crippen LogP contribution is 2.25. The van der Waals surface area contributed by atoms with E-state index in [-0.39, 0.29) is 22.5 Å². The summed E-state index contributed by atoms with van der Waals surface area (Å²) < 4.78 is 19.2. The van der Waals surface area contributed by atoms with Gasteiger partial charge >= 0.3 is 6.09 Å². The topological polar surface area (TPSA) is 74.4 Å². The average Bonchev–Trinajstić information content (AvgIpc) is 3.11. The summed E-state index contributed by atoms with van der Waals surface area (Å²) in [6.45, 7) is 6.24. The molecule has 0 spiro atoms. The molecule has 1 fully saturated rings. The predicted molar refractivity (Wildman–Crippen MR) is 96.9 cm³/mol. The number of carbonyl (C=O) groups is 2. The zero-order valence-electron chi connectivity index (χ0n) is 14.9. The number of halogens is 2. The van der Waals surface area contributed by atoms with Crippen LogP contribution in [0.3, 0.4) is 0 Å². The second-order valence-electron chi connectivity index (χ2n) is 7.42. The fraction of sp³-hybridized carbons (Fsp3) is 0.444. The number of nitrogens with one attached hydrogen (secondary N) is 2. The summed E-state index contributed by atoms with van der Waals surface area (Å²) in [5.74, 6) is -0.748. The molecule has 0 unspecified atom stereocenters. The lowest BCUT2D eigenvalue weighted by molar-refractivity contribution is 0.0502. The first-order valence-electron chi connectivity index (χ1n) is 8.39. The summed E-state index contributed by atoms with van der Waals surface area (Å²) in [6, 6.07) is 4.21. The van der Waals surface area contributed by atoms with Crippen molar-refractivity contribution in [1.29, 1.82) is 0 Å². The fourth-order valence-corrected chi connectivity index (χ4v) is 3.20. The monoisotopic (exact) mass is 381 g/mol. The molecule has 2 amide bonds. The Morgan fingerprint density at radius 1 is 1.35 bits per heavy atom. The van der Waals surface area contributed by atoms with E-state index in [1.807, 2.05) is 0 Å². The molecule has 0 aliphatic carbocycles. The highest BCUT2D eigenvalue weighted by atomic mass is 35.5. The van der Waals surface area contributed by atoms with Crippen molar-refractivity contribution < 1.29 is 18.7 Å². The van der Waals surface area contributed by atoms with Crippen molar-refractivity contribution in [2.75, 3.05) is 13.1 Å². The van der Waals surface area contributed by atoms with E-state index in [0.29, 0.717) is 30.6 Å². The van der Waals surface area contributed by atoms with E-state index in [9.17, 15) is 14.0 Å². The largest absolute Gasteiger partial charge is 0.444 e.